The van der Waals surface area contributed by atoms with Gasteiger partial charge in [-0.05, 0) is 29.6 Å². The maximum Gasteiger partial charge on any atom is 0.306 e. The fourth-order valence-electron chi connectivity index (χ4n) is 1.77. The highest BCUT2D eigenvalue weighted by Gasteiger charge is 2.13. The zero-order valence-corrected chi connectivity index (χ0v) is 14.0. The fraction of sp³-hybridized carbons (Fsp3) is 0.188. The number of carbonyl (C=O) groups excluding carboxylic acids is 3. The predicted octanol–water partition coefficient (Wildman–Crippen LogP) is 3.69. The maximum atomic E-state index is 12.9. The second-order valence-electron chi connectivity index (χ2n) is 4.73. The van der Waals surface area contributed by atoms with Gasteiger partial charge in [0.2, 0.25) is 0 Å². The van der Waals surface area contributed by atoms with Gasteiger partial charge >= 0.3 is 5.97 Å². The molecule has 1 heterocycles. The van der Waals surface area contributed by atoms with Gasteiger partial charge in [-0.15, -0.1) is 11.3 Å². The molecule has 1 aromatic heterocycles. The molecular formula is C16H13ClFNO4S. The molecule has 0 unspecified atom stereocenters. The Morgan fingerprint density at radius 2 is 2.00 bits per heavy atom. The average Bonchev–Trinajstić information content (AvgIpc) is 3.08. The molecule has 8 heteroatoms. The number of ether oxygens (including phenoxy) is 1. The standard InChI is InChI=1S/C16H13ClFNO4S/c17-11-8-10(18)3-4-12(11)19-15(21)9-23-16(22)6-5-13(20)14-2-1-7-24-14/h1-4,7-8H,5-6,9H2,(H,19,21). The minimum atomic E-state index is -0.653. The lowest BCUT2D eigenvalue weighted by Gasteiger charge is -2.08. The van der Waals surface area contributed by atoms with Crippen molar-refractivity contribution >= 4 is 46.3 Å². The smallest absolute Gasteiger partial charge is 0.306 e. The Morgan fingerprint density at radius 3 is 2.67 bits per heavy atom. The van der Waals surface area contributed by atoms with Crippen molar-refractivity contribution in [1.29, 1.82) is 0 Å². The van der Waals surface area contributed by atoms with Crippen LogP contribution in [-0.2, 0) is 14.3 Å². The van der Waals surface area contributed by atoms with Gasteiger partial charge < -0.3 is 10.1 Å². The van der Waals surface area contributed by atoms with Crippen molar-refractivity contribution in [3.05, 3.63) is 51.4 Å². The average molecular weight is 370 g/mol. The molecule has 0 bridgehead atoms. The SMILES string of the molecule is O=C(COC(=O)CCC(=O)c1cccs1)Nc1ccc(F)cc1Cl. The first-order valence-corrected chi connectivity index (χ1v) is 8.18. The van der Waals surface area contributed by atoms with E-state index in [0.29, 0.717) is 4.88 Å². The molecule has 24 heavy (non-hydrogen) atoms. The molecule has 2 rings (SSSR count). The lowest BCUT2D eigenvalue weighted by atomic mass is 10.2. The molecule has 0 aliphatic rings. The lowest BCUT2D eigenvalue weighted by molar-refractivity contribution is -0.147. The van der Waals surface area contributed by atoms with Crippen LogP contribution in [0.3, 0.4) is 0 Å². The van der Waals surface area contributed by atoms with Crippen molar-refractivity contribution < 1.29 is 23.5 Å². The van der Waals surface area contributed by atoms with Crippen LogP contribution < -0.4 is 5.32 Å². The van der Waals surface area contributed by atoms with Crippen LogP contribution in [0.4, 0.5) is 10.1 Å². The van der Waals surface area contributed by atoms with Gasteiger partial charge in [-0.3, -0.25) is 14.4 Å². The highest BCUT2D eigenvalue weighted by atomic mass is 35.5. The first-order valence-electron chi connectivity index (χ1n) is 6.93. The maximum absolute atomic E-state index is 12.9. The van der Waals surface area contributed by atoms with Gasteiger partial charge in [-0.1, -0.05) is 17.7 Å². The molecule has 1 amide bonds. The summed E-state index contributed by atoms with van der Waals surface area (Å²) >= 11 is 7.07. The summed E-state index contributed by atoms with van der Waals surface area (Å²) in [7, 11) is 0. The topological polar surface area (TPSA) is 72.5 Å². The first kappa shape index (κ1) is 18.1. The molecule has 0 atom stereocenters. The van der Waals surface area contributed by atoms with E-state index in [9.17, 15) is 18.8 Å². The molecule has 2 aromatic rings. The van der Waals surface area contributed by atoms with E-state index in [4.69, 9.17) is 16.3 Å². The number of hydrogen-bond acceptors (Lipinski definition) is 5. The third-order valence-electron chi connectivity index (χ3n) is 2.92. The third-order valence-corrected chi connectivity index (χ3v) is 4.15. The van der Waals surface area contributed by atoms with Gasteiger partial charge in [0.05, 0.1) is 22.0 Å². The molecule has 0 saturated heterocycles. The number of carbonyl (C=O) groups is 3. The van der Waals surface area contributed by atoms with E-state index in [0.717, 1.165) is 12.1 Å². The minimum Gasteiger partial charge on any atom is -0.456 e. The Hall–Kier alpha value is -2.25. The quantitative estimate of drug-likeness (QED) is 0.596. The van der Waals surface area contributed by atoms with Gasteiger partial charge in [-0.25, -0.2) is 4.39 Å². The number of rotatable bonds is 7. The Bertz CT molecular complexity index is 749. The monoisotopic (exact) mass is 369 g/mol. The van der Waals surface area contributed by atoms with Crippen LogP contribution in [0, 0.1) is 5.82 Å². The number of nitrogens with one attached hydrogen (secondary N) is 1. The van der Waals surface area contributed by atoms with Crippen LogP contribution in [0.15, 0.2) is 35.7 Å². The lowest BCUT2D eigenvalue weighted by Crippen LogP contribution is -2.21. The fourth-order valence-corrected chi connectivity index (χ4v) is 2.68. The van der Waals surface area contributed by atoms with E-state index in [-0.39, 0.29) is 29.3 Å². The number of amides is 1. The van der Waals surface area contributed by atoms with Crippen LogP contribution in [0.25, 0.3) is 0 Å². The number of halogens is 2. The number of hydrogen-bond donors (Lipinski definition) is 1. The van der Waals surface area contributed by atoms with E-state index >= 15 is 0 Å². The van der Waals surface area contributed by atoms with Crippen LogP contribution in [0.2, 0.25) is 5.02 Å². The summed E-state index contributed by atoms with van der Waals surface area (Å²) in [5.41, 5.74) is 0.215. The van der Waals surface area contributed by atoms with E-state index < -0.39 is 24.3 Å². The van der Waals surface area contributed by atoms with Crippen LogP contribution >= 0.6 is 22.9 Å². The highest BCUT2D eigenvalue weighted by Crippen LogP contribution is 2.22. The van der Waals surface area contributed by atoms with E-state index in [1.165, 1.54) is 17.4 Å². The largest absolute Gasteiger partial charge is 0.456 e. The molecule has 0 radical (unpaired) electrons. The van der Waals surface area contributed by atoms with Crippen molar-refractivity contribution in [1.82, 2.24) is 0 Å². The summed E-state index contributed by atoms with van der Waals surface area (Å²) in [6.45, 7) is -0.514. The van der Waals surface area contributed by atoms with Crippen LogP contribution in [0.5, 0.6) is 0 Å². The van der Waals surface area contributed by atoms with Crippen molar-refractivity contribution in [3.8, 4) is 0 Å². The first-order chi connectivity index (χ1) is 11.5. The van der Waals surface area contributed by atoms with E-state index in [1.807, 2.05) is 0 Å². The normalized spacial score (nSPS) is 10.2. The molecule has 0 fully saturated rings. The van der Waals surface area contributed by atoms with E-state index in [2.05, 4.69) is 5.32 Å². The van der Waals surface area contributed by atoms with Gasteiger partial charge in [0.25, 0.3) is 5.91 Å². The number of benzene rings is 1. The Balaban J connectivity index is 1.73. The molecule has 126 valence electrons. The zero-order chi connectivity index (χ0) is 17.5. The number of ketones is 1. The summed E-state index contributed by atoms with van der Waals surface area (Å²) in [6.07, 6.45) is -0.0912. The van der Waals surface area contributed by atoms with Crippen molar-refractivity contribution in [2.24, 2.45) is 0 Å². The molecule has 5 nitrogen and oxygen atoms in total. The Kier molecular flexibility index (Phi) is 6.45. The third kappa shape index (κ3) is 5.43. The van der Waals surface area contributed by atoms with Gasteiger partial charge in [0, 0.05) is 6.42 Å². The number of thiophene rings is 1. The summed E-state index contributed by atoms with van der Waals surface area (Å²) in [5, 5.41) is 4.21. The summed E-state index contributed by atoms with van der Waals surface area (Å²) < 4.78 is 17.7. The van der Waals surface area contributed by atoms with Gasteiger partial charge in [-0.2, -0.15) is 0 Å². The molecule has 0 saturated carbocycles. The molecule has 0 aliphatic heterocycles. The van der Waals surface area contributed by atoms with Crippen LogP contribution in [0.1, 0.15) is 22.5 Å². The van der Waals surface area contributed by atoms with Gasteiger partial charge in [0.15, 0.2) is 12.4 Å². The second-order valence-corrected chi connectivity index (χ2v) is 6.09. The number of Topliss-reactive ketones (excluding diaryl/α,β-unsaturated/α-hetero) is 1. The van der Waals surface area contributed by atoms with Gasteiger partial charge in [0.1, 0.15) is 5.82 Å². The molecule has 0 spiro atoms. The molecule has 1 N–H and O–H groups in total. The Morgan fingerprint density at radius 1 is 1.21 bits per heavy atom. The molecule has 0 aliphatic carbocycles. The molecular weight excluding hydrogens is 357 g/mol. The number of anilines is 1. The number of esters is 1. The second kappa shape index (κ2) is 8.56. The zero-order valence-electron chi connectivity index (χ0n) is 12.4. The highest BCUT2D eigenvalue weighted by molar-refractivity contribution is 7.12. The summed E-state index contributed by atoms with van der Waals surface area (Å²) in [6, 6.07) is 6.93. The Labute approximate surface area is 146 Å². The van der Waals surface area contributed by atoms with Crippen molar-refractivity contribution in [3.63, 3.8) is 0 Å². The minimum absolute atomic E-state index is 0.0186. The molecule has 1 aromatic carbocycles. The predicted molar refractivity (Wildman–Crippen MR) is 88.9 cm³/mol. The van der Waals surface area contributed by atoms with Crippen molar-refractivity contribution in [2.45, 2.75) is 12.8 Å². The summed E-state index contributed by atoms with van der Waals surface area (Å²) in [5.74, 6) is -1.94. The van der Waals surface area contributed by atoms with E-state index in [1.54, 1.807) is 17.5 Å². The van der Waals surface area contributed by atoms with Crippen LogP contribution in [-0.4, -0.2) is 24.3 Å². The van der Waals surface area contributed by atoms with Crippen molar-refractivity contribution in [2.75, 3.05) is 11.9 Å². The summed E-state index contributed by atoms with van der Waals surface area (Å²) in [4.78, 5) is 35.5.